The Balaban J connectivity index is 1.67. The number of thiazole rings is 1. The van der Waals surface area contributed by atoms with E-state index in [1.807, 2.05) is 23.6 Å². The fourth-order valence-corrected chi connectivity index (χ4v) is 6.21. The van der Waals surface area contributed by atoms with Crippen LogP contribution in [-0.4, -0.2) is 57.4 Å². The molecule has 0 unspecified atom stereocenters. The maximum Gasteiger partial charge on any atom is 0.257 e. The fraction of sp³-hybridized carbons (Fsp3) is 0.421. The number of ether oxygens (including phenoxy) is 1. The highest BCUT2D eigenvalue weighted by Crippen LogP contribution is 2.49. The third kappa shape index (κ3) is 4.01. The molecule has 0 spiro atoms. The number of aromatic nitrogens is 1. The quantitative estimate of drug-likeness (QED) is 0.598. The summed E-state index contributed by atoms with van der Waals surface area (Å²) < 4.78 is 6.68. The monoisotopic (exact) mass is 497 g/mol. The summed E-state index contributed by atoms with van der Waals surface area (Å²) in [5, 5.41) is 25.7. The molecular formula is C19H20BrN3O4S2. The molecule has 0 saturated carbocycles. The van der Waals surface area contributed by atoms with E-state index in [0.29, 0.717) is 22.9 Å². The van der Waals surface area contributed by atoms with Gasteiger partial charge in [0.2, 0.25) is 0 Å². The zero-order valence-corrected chi connectivity index (χ0v) is 18.6. The summed E-state index contributed by atoms with van der Waals surface area (Å²) in [5.41, 5.74) is -1.19. The summed E-state index contributed by atoms with van der Waals surface area (Å²) in [6.07, 6.45) is 0.452. The molecule has 1 amide bonds. The third-order valence-corrected chi connectivity index (χ3v) is 8.05. The van der Waals surface area contributed by atoms with E-state index in [1.54, 1.807) is 12.1 Å². The van der Waals surface area contributed by atoms with Gasteiger partial charge in [0.15, 0.2) is 5.17 Å². The van der Waals surface area contributed by atoms with E-state index in [0.717, 1.165) is 9.61 Å². The minimum atomic E-state index is -0.983. The number of carbonyl (C=O) groups is 1. The van der Waals surface area contributed by atoms with E-state index in [9.17, 15) is 15.0 Å². The second-order valence-corrected chi connectivity index (χ2v) is 9.82. The topological polar surface area (TPSA) is 104 Å². The number of benzene rings is 1. The lowest BCUT2D eigenvalue weighted by Gasteiger charge is -2.49. The molecule has 10 heteroatoms. The second-order valence-electron chi connectivity index (χ2n) is 7.14. The minimum absolute atomic E-state index is 0.00372. The number of aliphatic imine (C=N–C) groups is 1. The molecule has 7 nitrogen and oxygen atoms in total. The molecule has 4 rings (SSSR count). The van der Waals surface area contributed by atoms with Crippen LogP contribution in [0.25, 0.3) is 0 Å². The van der Waals surface area contributed by atoms with E-state index in [4.69, 9.17) is 9.73 Å². The van der Waals surface area contributed by atoms with E-state index in [1.165, 1.54) is 23.1 Å². The number of nitrogens with zero attached hydrogens (tertiary/aromatic N) is 2. The standard InChI is InChI=1S/C19H20BrN3O4S2/c20-14-8-28-16(21-14)19-11-27-18(9-24,10-25)6-13(19)7-29-17(23-19)22-15(26)12-4-2-1-3-5-12/h1-5,8,13,24-25H,6-7,9-11H2,(H,22,23,26)/t13-,19-/m0/s1. The zero-order valence-electron chi connectivity index (χ0n) is 15.4. The van der Waals surface area contributed by atoms with Crippen molar-refractivity contribution >= 4 is 50.1 Å². The van der Waals surface area contributed by atoms with Crippen LogP contribution in [0, 0.1) is 5.92 Å². The van der Waals surface area contributed by atoms with Crippen molar-refractivity contribution in [2.75, 3.05) is 25.6 Å². The van der Waals surface area contributed by atoms with Crippen LogP contribution in [0.1, 0.15) is 21.8 Å². The Morgan fingerprint density at radius 3 is 2.72 bits per heavy atom. The lowest BCUT2D eigenvalue weighted by Crippen LogP contribution is -2.57. The number of amidine groups is 1. The van der Waals surface area contributed by atoms with Crippen molar-refractivity contribution < 1.29 is 19.7 Å². The van der Waals surface area contributed by atoms with Gasteiger partial charge in [0, 0.05) is 22.6 Å². The molecule has 2 atom stereocenters. The van der Waals surface area contributed by atoms with Crippen LogP contribution in [0.5, 0.6) is 0 Å². The molecule has 1 aromatic heterocycles. The number of rotatable bonds is 4. The second kappa shape index (κ2) is 8.44. The molecule has 3 heterocycles. The molecule has 1 aromatic carbocycles. The number of amides is 1. The van der Waals surface area contributed by atoms with Crippen molar-refractivity contribution in [1.29, 1.82) is 0 Å². The summed E-state index contributed by atoms with van der Waals surface area (Å²) in [6.45, 7) is -0.350. The first kappa shape index (κ1) is 21.0. The summed E-state index contributed by atoms with van der Waals surface area (Å²) in [6, 6.07) is 8.99. The van der Waals surface area contributed by atoms with Crippen LogP contribution >= 0.6 is 39.0 Å². The predicted octanol–water partition coefficient (Wildman–Crippen LogP) is 2.39. The van der Waals surface area contributed by atoms with Gasteiger partial charge in [0.25, 0.3) is 5.91 Å². The Hall–Kier alpha value is -1.30. The van der Waals surface area contributed by atoms with Crippen LogP contribution in [0.4, 0.5) is 0 Å². The molecule has 1 saturated heterocycles. The molecular weight excluding hydrogens is 478 g/mol. The zero-order chi connectivity index (χ0) is 20.5. The van der Waals surface area contributed by atoms with E-state index < -0.39 is 11.1 Å². The van der Waals surface area contributed by atoms with Gasteiger partial charge in [0.05, 0.1) is 19.8 Å². The number of fused-ring (bicyclic) bond motifs is 1. The van der Waals surface area contributed by atoms with Gasteiger partial charge in [-0.2, -0.15) is 0 Å². The molecule has 154 valence electrons. The Bertz CT molecular complexity index is 919. The average molecular weight is 498 g/mol. The molecule has 2 aliphatic rings. The van der Waals surface area contributed by atoms with Crippen molar-refractivity contribution in [2.24, 2.45) is 10.9 Å². The first-order valence-electron chi connectivity index (χ1n) is 9.06. The predicted molar refractivity (Wildman–Crippen MR) is 116 cm³/mol. The highest BCUT2D eigenvalue weighted by molar-refractivity contribution is 9.10. The molecule has 29 heavy (non-hydrogen) atoms. The lowest BCUT2D eigenvalue weighted by molar-refractivity contribution is -0.170. The number of thioether (sulfide) groups is 1. The van der Waals surface area contributed by atoms with Gasteiger partial charge in [-0.1, -0.05) is 30.0 Å². The van der Waals surface area contributed by atoms with Gasteiger partial charge in [-0.25, -0.2) is 9.98 Å². The summed E-state index contributed by atoms with van der Waals surface area (Å²) in [7, 11) is 0. The van der Waals surface area contributed by atoms with Gasteiger partial charge in [-0.15, -0.1) is 11.3 Å². The number of carbonyl (C=O) groups excluding carboxylic acids is 1. The van der Waals surface area contributed by atoms with Crippen molar-refractivity contribution in [1.82, 2.24) is 10.3 Å². The number of halogens is 1. The van der Waals surface area contributed by atoms with E-state index in [2.05, 4.69) is 26.2 Å². The maximum absolute atomic E-state index is 12.6. The lowest BCUT2D eigenvalue weighted by atomic mass is 9.76. The van der Waals surface area contributed by atoms with E-state index in [-0.39, 0.29) is 31.6 Å². The van der Waals surface area contributed by atoms with Crippen molar-refractivity contribution in [3.05, 3.63) is 50.9 Å². The first-order valence-corrected chi connectivity index (χ1v) is 11.7. The van der Waals surface area contributed by atoms with Crippen LogP contribution in [0.2, 0.25) is 0 Å². The maximum atomic E-state index is 12.6. The van der Waals surface area contributed by atoms with Gasteiger partial charge in [-0.3, -0.25) is 4.79 Å². The number of hydrogen-bond donors (Lipinski definition) is 3. The number of aliphatic hydroxyl groups is 2. The summed E-state index contributed by atoms with van der Waals surface area (Å²) in [4.78, 5) is 22.1. The van der Waals surface area contributed by atoms with Crippen LogP contribution < -0.4 is 5.32 Å². The molecule has 2 aromatic rings. The van der Waals surface area contributed by atoms with Crippen LogP contribution in [-0.2, 0) is 10.3 Å². The Labute approximate surface area is 184 Å². The van der Waals surface area contributed by atoms with Gasteiger partial charge >= 0.3 is 0 Å². The van der Waals surface area contributed by atoms with Crippen molar-refractivity contribution in [3.8, 4) is 0 Å². The highest BCUT2D eigenvalue weighted by Gasteiger charge is 2.54. The molecule has 0 radical (unpaired) electrons. The third-order valence-electron chi connectivity index (χ3n) is 5.29. The molecule has 1 fully saturated rings. The van der Waals surface area contributed by atoms with E-state index >= 15 is 0 Å². The van der Waals surface area contributed by atoms with Gasteiger partial charge < -0.3 is 20.3 Å². The normalized spacial score (nSPS) is 25.8. The summed E-state index contributed by atoms with van der Waals surface area (Å²) in [5.74, 6) is 0.439. The molecule has 2 aliphatic heterocycles. The SMILES string of the molecule is O=C(NC1=N[C@@]2(c3nc(Br)cs3)COC(CO)(CO)C[C@H]2CS1)c1ccccc1. The number of hydrogen-bond acceptors (Lipinski definition) is 8. The number of nitrogens with one attached hydrogen (secondary N) is 1. The highest BCUT2D eigenvalue weighted by atomic mass is 79.9. The Morgan fingerprint density at radius 1 is 1.31 bits per heavy atom. The molecule has 3 N–H and O–H groups in total. The minimum Gasteiger partial charge on any atom is -0.393 e. The van der Waals surface area contributed by atoms with Gasteiger partial charge in [0.1, 0.15) is 20.8 Å². The van der Waals surface area contributed by atoms with Crippen molar-refractivity contribution in [2.45, 2.75) is 17.6 Å². The summed E-state index contributed by atoms with van der Waals surface area (Å²) >= 11 is 6.33. The average Bonchev–Trinajstić information content (AvgIpc) is 3.21. The van der Waals surface area contributed by atoms with Crippen molar-refractivity contribution in [3.63, 3.8) is 0 Å². The number of aliphatic hydroxyl groups excluding tert-OH is 2. The van der Waals surface area contributed by atoms with Crippen LogP contribution in [0.3, 0.4) is 0 Å². The largest absolute Gasteiger partial charge is 0.393 e. The first-order chi connectivity index (χ1) is 14.0. The smallest absolute Gasteiger partial charge is 0.257 e. The molecule has 0 bridgehead atoms. The van der Waals surface area contributed by atoms with Gasteiger partial charge in [-0.05, 0) is 34.5 Å². The molecule has 0 aliphatic carbocycles. The van der Waals surface area contributed by atoms with Crippen LogP contribution in [0.15, 0.2) is 45.3 Å². The fourth-order valence-electron chi connectivity index (χ4n) is 3.60. The Morgan fingerprint density at radius 2 is 2.07 bits per heavy atom. The Kier molecular flexibility index (Phi) is 6.10.